The highest BCUT2D eigenvalue weighted by Crippen LogP contribution is 2.16. The number of amides is 2. The van der Waals surface area contributed by atoms with Crippen LogP contribution < -0.4 is 10.7 Å². The molecule has 3 aromatic carbocycles. The van der Waals surface area contributed by atoms with Gasteiger partial charge in [0, 0.05) is 22.2 Å². The van der Waals surface area contributed by atoms with Gasteiger partial charge < -0.3 is 5.32 Å². The lowest BCUT2D eigenvalue weighted by Crippen LogP contribution is -2.33. The summed E-state index contributed by atoms with van der Waals surface area (Å²) >= 11 is 3.39. The highest BCUT2D eigenvalue weighted by Gasteiger charge is 2.15. The Bertz CT molecular complexity index is 1260. The molecule has 8 nitrogen and oxygen atoms in total. The van der Waals surface area contributed by atoms with E-state index < -0.39 is 16.7 Å². The zero-order valence-corrected chi connectivity index (χ0v) is 19.1. The fraction of sp³-hybridized carbons (Fsp3) is 0.0417. The largest absolute Gasteiger partial charge is 0.317 e. The van der Waals surface area contributed by atoms with Crippen molar-refractivity contribution in [1.82, 2.24) is 10.7 Å². The number of nitro benzene ring substituents is 1. The minimum Gasteiger partial charge on any atom is -0.317 e. The Balaban J connectivity index is 1.89. The third-order valence-corrected chi connectivity index (χ3v) is 4.98. The molecule has 9 heteroatoms. The first-order valence-corrected chi connectivity index (χ1v) is 10.6. The van der Waals surface area contributed by atoms with Gasteiger partial charge in [-0.1, -0.05) is 58.4 Å². The quantitative estimate of drug-likeness (QED) is 0.209. The molecule has 3 rings (SSSR count). The summed E-state index contributed by atoms with van der Waals surface area (Å²) < 4.78 is 0.863. The number of benzene rings is 3. The third-order valence-electron chi connectivity index (χ3n) is 4.49. The van der Waals surface area contributed by atoms with Gasteiger partial charge in [-0.2, -0.15) is 5.10 Å². The van der Waals surface area contributed by atoms with Crippen molar-refractivity contribution in [3.8, 4) is 0 Å². The first-order chi connectivity index (χ1) is 15.8. The molecule has 0 aliphatic heterocycles. The van der Waals surface area contributed by atoms with E-state index in [0.29, 0.717) is 16.8 Å². The molecule has 2 amide bonds. The number of halogens is 1. The Morgan fingerprint density at radius 3 is 2.36 bits per heavy atom. The van der Waals surface area contributed by atoms with Crippen molar-refractivity contribution in [2.24, 2.45) is 5.10 Å². The van der Waals surface area contributed by atoms with Crippen LogP contribution in [0.2, 0.25) is 0 Å². The molecule has 0 bridgehead atoms. The van der Waals surface area contributed by atoms with Gasteiger partial charge in [-0.05, 0) is 48.4 Å². The topological polar surface area (TPSA) is 114 Å². The van der Waals surface area contributed by atoms with E-state index in [0.717, 1.165) is 10.0 Å². The molecule has 166 valence electrons. The zero-order valence-electron chi connectivity index (χ0n) is 17.5. The molecule has 0 unspecified atom stereocenters. The van der Waals surface area contributed by atoms with Crippen LogP contribution in [-0.4, -0.2) is 22.4 Å². The summed E-state index contributed by atoms with van der Waals surface area (Å²) in [5.41, 5.74) is 4.24. The number of rotatable bonds is 7. The van der Waals surface area contributed by atoms with Gasteiger partial charge >= 0.3 is 0 Å². The molecule has 0 saturated carbocycles. The van der Waals surface area contributed by atoms with Crippen LogP contribution in [0.1, 0.15) is 28.4 Å². The van der Waals surface area contributed by atoms with Gasteiger partial charge in [0.1, 0.15) is 5.70 Å². The van der Waals surface area contributed by atoms with Gasteiger partial charge in [-0.25, -0.2) is 5.43 Å². The summed E-state index contributed by atoms with van der Waals surface area (Å²) in [4.78, 5) is 36.1. The lowest BCUT2D eigenvalue weighted by molar-refractivity contribution is -0.384. The number of carbonyl (C=O) groups is 2. The maximum Gasteiger partial charge on any atom is 0.287 e. The average molecular weight is 507 g/mol. The highest BCUT2D eigenvalue weighted by atomic mass is 79.9. The Labute approximate surface area is 198 Å². The van der Waals surface area contributed by atoms with Crippen molar-refractivity contribution in [2.45, 2.75) is 6.92 Å². The summed E-state index contributed by atoms with van der Waals surface area (Å²) in [5.74, 6) is -1.18. The SMILES string of the molecule is C/C(=N\NC(=O)/C(=C/c1cccc([N+](=O)[O-])c1)NC(=O)c1ccccc1)c1cccc(Br)c1. The lowest BCUT2D eigenvalue weighted by Gasteiger charge is -2.10. The highest BCUT2D eigenvalue weighted by molar-refractivity contribution is 9.10. The fourth-order valence-electron chi connectivity index (χ4n) is 2.81. The average Bonchev–Trinajstić information content (AvgIpc) is 2.82. The molecule has 0 saturated heterocycles. The van der Waals surface area contributed by atoms with E-state index in [9.17, 15) is 19.7 Å². The molecule has 3 aromatic rings. The predicted molar refractivity (Wildman–Crippen MR) is 129 cm³/mol. The lowest BCUT2D eigenvalue weighted by atomic mass is 10.1. The Morgan fingerprint density at radius 1 is 0.970 bits per heavy atom. The van der Waals surface area contributed by atoms with Crippen LogP contribution in [0.5, 0.6) is 0 Å². The van der Waals surface area contributed by atoms with Crippen LogP contribution in [0.15, 0.2) is 94.1 Å². The van der Waals surface area contributed by atoms with Crippen LogP contribution in [0.3, 0.4) is 0 Å². The Morgan fingerprint density at radius 2 is 1.67 bits per heavy atom. The summed E-state index contributed by atoms with van der Waals surface area (Å²) in [6.07, 6.45) is 1.35. The molecule has 0 heterocycles. The summed E-state index contributed by atoms with van der Waals surface area (Å²) in [6, 6.07) is 21.5. The molecule has 0 aliphatic carbocycles. The number of nitro groups is 1. The van der Waals surface area contributed by atoms with Gasteiger partial charge in [-0.3, -0.25) is 19.7 Å². The van der Waals surface area contributed by atoms with Gasteiger partial charge in [-0.15, -0.1) is 0 Å². The predicted octanol–water partition coefficient (Wildman–Crippen LogP) is 4.67. The monoisotopic (exact) mass is 506 g/mol. The van der Waals surface area contributed by atoms with Crippen LogP contribution in [-0.2, 0) is 4.79 Å². The minimum absolute atomic E-state index is 0.116. The second kappa shape index (κ2) is 11.0. The van der Waals surface area contributed by atoms with E-state index in [1.807, 2.05) is 24.3 Å². The molecule has 0 atom stereocenters. The van der Waals surface area contributed by atoms with Crippen molar-refractivity contribution in [1.29, 1.82) is 0 Å². The van der Waals surface area contributed by atoms with E-state index in [-0.39, 0.29) is 11.4 Å². The molecule has 0 aliphatic rings. The van der Waals surface area contributed by atoms with E-state index in [1.165, 1.54) is 24.3 Å². The van der Waals surface area contributed by atoms with Gasteiger partial charge in [0.15, 0.2) is 0 Å². The van der Waals surface area contributed by atoms with Crippen LogP contribution >= 0.6 is 15.9 Å². The summed E-state index contributed by atoms with van der Waals surface area (Å²) in [7, 11) is 0. The normalized spacial score (nSPS) is 11.6. The van der Waals surface area contributed by atoms with Gasteiger partial charge in [0.25, 0.3) is 17.5 Å². The van der Waals surface area contributed by atoms with E-state index in [1.54, 1.807) is 43.3 Å². The Hall–Kier alpha value is -4.11. The standard InChI is InChI=1S/C24H19BrN4O4/c1-16(19-10-6-11-20(25)15-19)27-28-24(31)22(26-23(30)18-8-3-2-4-9-18)14-17-7-5-12-21(13-17)29(32)33/h2-15H,1H3,(H,26,30)(H,28,31)/b22-14-,27-16+. The van der Waals surface area contributed by atoms with Crippen molar-refractivity contribution in [3.05, 3.63) is 116 Å². The second-order valence-corrected chi connectivity index (χ2v) is 7.79. The molecule has 0 radical (unpaired) electrons. The van der Waals surface area contributed by atoms with Crippen molar-refractivity contribution in [3.63, 3.8) is 0 Å². The molecular weight excluding hydrogens is 488 g/mol. The smallest absolute Gasteiger partial charge is 0.287 e. The molecule has 0 spiro atoms. The van der Waals surface area contributed by atoms with Crippen LogP contribution in [0.25, 0.3) is 6.08 Å². The maximum atomic E-state index is 12.9. The van der Waals surface area contributed by atoms with Crippen molar-refractivity contribution >= 4 is 45.2 Å². The second-order valence-electron chi connectivity index (χ2n) is 6.88. The van der Waals surface area contributed by atoms with Crippen LogP contribution in [0, 0.1) is 10.1 Å². The summed E-state index contributed by atoms with van der Waals surface area (Å²) in [5, 5.41) is 17.8. The summed E-state index contributed by atoms with van der Waals surface area (Å²) in [6.45, 7) is 1.73. The number of non-ortho nitro benzene ring substituents is 1. The molecule has 33 heavy (non-hydrogen) atoms. The number of nitrogens with zero attached hydrogens (tertiary/aromatic N) is 2. The van der Waals surface area contributed by atoms with Gasteiger partial charge in [0.05, 0.1) is 10.6 Å². The first kappa shape index (κ1) is 23.6. The third kappa shape index (κ3) is 6.68. The number of hydrazone groups is 1. The first-order valence-electron chi connectivity index (χ1n) is 9.76. The zero-order chi connectivity index (χ0) is 23.8. The molecule has 2 N–H and O–H groups in total. The van der Waals surface area contributed by atoms with Crippen molar-refractivity contribution in [2.75, 3.05) is 0 Å². The van der Waals surface area contributed by atoms with Gasteiger partial charge in [0.2, 0.25) is 0 Å². The molecule has 0 aromatic heterocycles. The van der Waals surface area contributed by atoms with Crippen LogP contribution in [0.4, 0.5) is 5.69 Å². The number of hydrogen-bond acceptors (Lipinski definition) is 5. The number of carbonyl (C=O) groups excluding carboxylic acids is 2. The molecular formula is C24H19BrN4O4. The van der Waals surface area contributed by atoms with E-state index >= 15 is 0 Å². The minimum atomic E-state index is -0.680. The van der Waals surface area contributed by atoms with Crippen molar-refractivity contribution < 1.29 is 14.5 Å². The Kier molecular flexibility index (Phi) is 7.82. The maximum absolute atomic E-state index is 12.9. The number of nitrogens with one attached hydrogen (secondary N) is 2. The number of hydrogen-bond donors (Lipinski definition) is 2. The fourth-order valence-corrected chi connectivity index (χ4v) is 3.21. The molecule has 0 fully saturated rings. The van der Waals surface area contributed by atoms with E-state index in [2.05, 4.69) is 31.8 Å². The van der Waals surface area contributed by atoms with E-state index in [4.69, 9.17) is 0 Å².